The lowest BCUT2D eigenvalue weighted by atomic mass is 10.1. The van der Waals surface area contributed by atoms with Crippen LogP contribution in [0, 0.1) is 0 Å². The summed E-state index contributed by atoms with van der Waals surface area (Å²) in [4.78, 5) is 0. The number of halogens is 1. The molecule has 0 radical (unpaired) electrons. The van der Waals surface area contributed by atoms with Gasteiger partial charge in [0.1, 0.15) is 5.75 Å². The Kier molecular flexibility index (Phi) is 4.21. The molecule has 112 valence electrons. The van der Waals surface area contributed by atoms with Crippen LogP contribution in [0.1, 0.15) is 36.8 Å². The molecule has 0 spiro atoms. The number of tetrazole rings is 1. The summed E-state index contributed by atoms with van der Waals surface area (Å²) in [5, 5.41) is 15.4. The molecule has 21 heavy (non-hydrogen) atoms. The molecule has 0 amide bonds. The second-order valence-corrected chi connectivity index (χ2v) is 6.04. The van der Waals surface area contributed by atoms with E-state index in [1.54, 1.807) is 0 Å². The Morgan fingerprint density at radius 2 is 2.33 bits per heavy atom. The highest BCUT2D eigenvalue weighted by Crippen LogP contribution is 2.33. The van der Waals surface area contributed by atoms with E-state index in [0.717, 1.165) is 41.2 Å². The Bertz CT molecular complexity index is 642. The fraction of sp³-hybridized carbons (Fsp3) is 0.500. The van der Waals surface area contributed by atoms with Crippen LogP contribution in [0.3, 0.4) is 0 Å². The van der Waals surface area contributed by atoms with Crippen LogP contribution in [0.4, 0.5) is 0 Å². The topological polar surface area (TPSA) is 64.9 Å². The highest BCUT2D eigenvalue weighted by atomic mass is 79.9. The maximum Gasteiger partial charge on any atom is 0.168 e. The van der Waals surface area contributed by atoms with Crippen LogP contribution in [-0.4, -0.2) is 33.4 Å². The highest BCUT2D eigenvalue weighted by molar-refractivity contribution is 9.10. The predicted octanol–water partition coefficient (Wildman–Crippen LogP) is 2.09. The lowest BCUT2D eigenvalue weighted by Gasteiger charge is -2.13. The van der Waals surface area contributed by atoms with Crippen LogP contribution in [0.2, 0.25) is 0 Å². The van der Waals surface area contributed by atoms with Crippen LogP contribution in [0.5, 0.6) is 5.75 Å². The summed E-state index contributed by atoms with van der Waals surface area (Å²) in [6.45, 7) is 6.37. The van der Waals surface area contributed by atoms with Crippen molar-refractivity contribution in [3.63, 3.8) is 0 Å². The molecule has 1 aromatic heterocycles. The third-order valence-electron chi connectivity index (χ3n) is 3.60. The molecule has 1 atom stereocenters. The van der Waals surface area contributed by atoms with E-state index in [1.165, 1.54) is 5.56 Å². The highest BCUT2D eigenvalue weighted by Gasteiger charge is 2.20. The van der Waals surface area contributed by atoms with E-state index < -0.39 is 0 Å². The summed E-state index contributed by atoms with van der Waals surface area (Å²) in [7, 11) is 0. The SMILES string of the molecule is CCNC(C)c1nnnn1Cc1cc(Br)cc2c1OCC2. The van der Waals surface area contributed by atoms with Gasteiger partial charge >= 0.3 is 0 Å². The molecule has 0 bridgehead atoms. The van der Waals surface area contributed by atoms with Gasteiger partial charge < -0.3 is 10.1 Å². The first kappa shape index (κ1) is 14.5. The van der Waals surface area contributed by atoms with Gasteiger partial charge in [-0.05, 0) is 41.6 Å². The first-order valence-corrected chi connectivity index (χ1v) is 7.92. The zero-order chi connectivity index (χ0) is 14.8. The molecular formula is C14H18BrN5O. The van der Waals surface area contributed by atoms with Crippen molar-refractivity contribution in [1.29, 1.82) is 0 Å². The van der Waals surface area contributed by atoms with Gasteiger partial charge in [-0.2, -0.15) is 0 Å². The van der Waals surface area contributed by atoms with E-state index in [2.05, 4.69) is 62.8 Å². The minimum absolute atomic E-state index is 0.117. The zero-order valence-corrected chi connectivity index (χ0v) is 13.7. The Morgan fingerprint density at radius 3 is 3.14 bits per heavy atom. The zero-order valence-electron chi connectivity index (χ0n) is 12.1. The molecule has 0 saturated carbocycles. The molecule has 0 aliphatic carbocycles. The number of fused-ring (bicyclic) bond motifs is 1. The van der Waals surface area contributed by atoms with E-state index in [9.17, 15) is 0 Å². The Morgan fingerprint density at radius 1 is 1.48 bits per heavy atom. The number of hydrogen-bond acceptors (Lipinski definition) is 5. The van der Waals surface area contributed by atoms with Crippen LogP contribution < -0.4 is 10.1 Å². The minimum atomic E-state index is 0.117. The van der Waals surface area contributed by atoms with E-state index >= 15 is 0 Å². The van der Waals surface area contributed by atoms with E-state index in [4.69, 9.17) is 4.74 Å². The monoisotopic (exact) mass is 351 g/mol. The fourth-order valence-corrected chi connectivity index (χ4v) is 3.21. The van der Waals surface area contributed by atoms with Crippen LogP contribution >= 0.6 is 15.9 Å². The maximum absolute atomic E-state index is 5.76. The van der Waals surface area contributed by atoms with Crippen molar-refractivity contribution in [3.05, 3.63) is 33.6 Å². The van der Waals surface area contributed by atoms with Crippen LogP contribution in [-0.2, 0) is 13.0 Å². The van der Waals surface area contributed by atoms with Gasteiger partial charge in [0.05, 0.1) is 19.2 Å². The van der Waals surface area contributed by atoms with Crippen LogP contribution in [0.25, 0.3) is 0 Å². The quantitative estimate of drug-likeness (QED) is 0.893. The Hall–Kier alpha value is -1.47. The van der Waals surface area contributed by atoms with E-state index in [-0.39, 0.29) is 6.04 Å². The summed E-state index contributed by atoms with van der Waals surface area (Å²) in [5.41, 5.74) is 2.35. The normalized spacial score (nSPS) is 14.8. The number of hydrogen-bond donors (Lipinski definition) is 1. The van der Waals surface area contributed by atoms with Gasteiger partial charge in [0.15, 0.2) is 5.82 Å². The van der Waals surface area contributed by atoms with Crippen molar-refractivity contribution in [1.82, 2.24) is 25.5 Å². The van der Waals surface area contributed by atoms with Crippen molar-refractivity contribution in [3.8, 4) is 5.75 Å². The Balaban J connectivity index is 1.90. The molecule has 1 aliphatic rings. The van der Waals surface area contributed by atoms with Gasteiger partial charge in [0.2, 0.25) is 0 Å². The maximum atomic E-state index is 5.76. The molecule has 1 aromatic carbocycles. The van der Waals surface area contributed by atoms with Gasteiger partial charge in [-0.1, -0.05) is 22.9 Å². The van der Waals surface area contributed by atoms with Crippen molar-refractivity contribution in [2.24, 2.45) is 0 Å². The third-order valence-corrected chi connectivity index (χ3v) is 4.06. The lowest BCUT2D eigenvalue weighted by Crippen LogP contribution is -2.22. The first-order valence-electron chi connectivity index (χ1n) is 7.12. The van der Waals surface area contributed by atoms with E-state index in [1.807, 2.05) is 4.68 Å². The number of rotatable bonds is 5. The molecule has 1 N–H and O–H groups in total. The first-order chi connectivity index (χ1) is 10.2. The second-order valence-electron chi connectivity index (χ2n) is 5.13. The molecule has 2 aromatic rings. The van der Waals surface area contributed by atoms with Gasteiger partial charge in [-0.3, -0.25) is 0 Å². The third kappa shape index (κ3) is 2.94. The van der Waals surface area contributed by atoms with Gasteiger partial charge in [0.25, 0.3) is 0 Å². The number of benzene rings is 1. The van der Waals surface area contributed by atoms with Crippen molar-refractivity contribution in [2.75, 3.05) is 13.2 Å². The molecule has 1 aliphatic heterocycles. The van der Waals surface area contributed by atoms with Crippen LogP contribution in [0.15, 0.2) is 16.6 Å². The predicted molar refractivity (Wildman–Crippen MR) is 82.4 cm³/mol. The van der Waals surface area contributed by atoms with Gasteiger partial charge in [-0.15, -0.1) is 5.10 Å². The molecule has 1 unspecified atom stereocenters. The molecule has 0 saturated heterocycles. The number of ether oxygens (including phenoxy) is 1. The average molecular weight is 352 g/mol. The molecular weight excluding hydrogens is 334 g/mol. The van der Waals surface area contributed by atoms with Crippen molar-refractivity contribution >= 4 is 15.9 Å². The summed E-state index contributed by atoms with van der Waals surface area (Å²) >= 11 is 3.56. The summed E-state index contributed by atoms with van der Waals surface area (Å²) < 4.78 is 8.66. The second kappa shape index (κ2) is 6.11. The van der Waals surface area contributed by atoms with Crippen molar-refractivity contribution < 1.29 is 4.74 Å². The van der Waals surface area contributed by atoms with Gasteiger partial charge in [-0.25, -0.2) is 4.68 Å². The smallest absolute Gasteiger partial charge is 0.168 e. The molecule has 3 rings (SSSR count). The average Bonchev–Trinajstić information content (AvgIpc) is 3.07. The van der Waals surface area contributed by atoms with Crippen molar-refractivity contribution in [2.45, 2.75) is 32.9 Å². The Labute approximate surface area is 132 Å². The lowest BCUT2D eigenvalue weighted by molar-refractivity contribution is 0.351. The summed E-state index contributed by atoms with van der Waals surface area (Å²) in [5.74, 6) is 1.82. The largest absolute Gasteiger partial charge is 0.493 e. The fourth-order valence-electron chi connectivity index (χ4n) is 2.66. The molecule has 7 heteroatoms. The minimum Gasteiger partial charge on any atom is -0.493 e. The standard InChI is InChI=1S/C14H18BrN5O/c1-3-16-9(2)14-17-18-19-20(14)8-11-7-12(15)6-10-4-5-21-13(10)11/h6-7,9,16H,3-5,8H2,1-2H3. The molecule has 0 fully saturated rings. The number of nitrogens with zero attached hydrogens (tertiary/aromatic N) is 4. The molecule has 6 nitrogen and oxygen atoms in total. The van der Waals surface area contributed by atoms with E-state index in [0.29, 0.717) is 6.54 Å². The number of aromatic nitrogens is 4. The number of nitrogens with one attached hydrogen (secondary N) is 1. The summed E-state index contributed by atoms with van der Waals surface area (Å²) in [6.07, 6.45) is 0.956. The van der Waals surface area contributed by atoms with Gasteiger partial charge in [0, 0.05) is 16.5 Å². The summed E-state index contributed by atoms with van der Waals surface area (Å²) in [6, 6.07) is 4.31. The molecule has 2 heterocycles.